The Morgan fingerprint density at radius 3 is 2.81 bits per heavy atom. The largest absolute Gasteiger partial charge is 0.476 e. The van der Waals surface area contributed by atoms with Gasteiger partial charge in [0.05, 0.1) is 0 Å². The second-order valence-corrected chi connectivity index (χ2v) is 3.38. The summed E-state index contributed by atoms with van der Waals surface area (Å²) < 4.78 is 14.6. The Morgan fingerprint density at radius 2 is 2.25 bits per heavy atom. The van der Waals surface area contributed by atoms with Crippen molar-refractivity contribution in [1.82, 2.24) is 9.55 Å². The molecule has 0 aliphatic heterocycles. The fourth-order valence-corrected chi connectivity index (χ4v) is 1.47. The van der Waals surface area contributed by atoms with Crippen LogP contribution >= 0.6 is 0 Å². The molecule has 0 saturated carbocycles. The van der Waals surface area contributed by atoms with Gasteiger partial charge >= 0.3 is 5.97 Å². The van der Waals surface area contributed by atoms with Crippen LogP contribution in [0, 0.1) is 5.82 Å². The van der Waals surface area contributed by atoms with Gasteiger partial charge in [0.15, 0.2) is 5.69 Å². The quantitative estimate of drug-likeness (QED) is 0.841. The number of aromatic carboxylic acids is 1. The van der Waals surface area contributed by atoms with E-state index < -0.39 is 5.97 Å². The zero-order valence-electron chi connectivity index (χ0n) is 8.51. The lowest BCUT2D eigenvalue weighted by Gasteiger charge is -2.00. The van der Waals surface area contributed by atoms with Gasteiger partial charge in [-0.05, 0) is 12.1 Å². The van der Waals surface area contributed by atoms with Crippen LogP contribution in [0.1, 0.15) is 10.5 Å². The van der Waals surface area contributed by atoms with Gasteiger partial charge in [-0.1, -0.05) is 12.1 Å². The summed E-state index contributed by atoms with van der Waals surface area (Å²) in [7, 11) is 1.67. The Kier molecular flexibility index (Phi) is 2.44. The molecule has 16 heavy (non-hydrogen) atoms. The third kappa shape index (κ3) is 1.79. The van der Waals surface area contributed by atoms with E-state index in [2.05, 4.69) is 4.98 Å². The highest BCUT2D eigenvalue weighted by atomic mass is 19.1. The fraction of sp³-hybridized carbons (Fsp3) is 0.0909. The molecule has 1 N–H and O–H groups in total. The van der Waals surface area contributed by atoms with Crippen LogP contribution in [-0.2, 0) is 7.05 Å². The molecule has 0 atom stereocenters. The van der Waals surface area contributed by atoms with Crippen molar-refractivity contribution in [3.8, 4) is 11.4 Å². The van der Waals surface area contributed by atoms with E-state index in [1.165, 1.54) is 18.3 Å². The zero-order chi connectivity index (χ0) is 11.7. The molecule has 0 fully saturated rings. The van der Waals surface area contributed by atoms with Crippen LogP contribution in [0.2, 0.25) is 0 Å². The molecule has 82 valence electrons. The van der Waals surface area contributed by atoms with Crippen molar-refractivity contribution in [3.63, 3.8) is 0 Å². The lowest BCUT2D eigenvalue weighted by molar-refractivity contribution is 0.0691. The Labute approximate surface area is 91.0 Å². The van der Waals surface area contributed by atoms with Gasteiger partial charge in [0, 0.05) is 18.8 Å². The second-order valence-electron chi connectivity index (χ2n) is 3.38. The molecule has 0 aliphatic carbocycles. The standard InChI is InChI=1S/C11H9FN2O2/c1-14-6-9(11(15)16)13-10(14)7-3-2-4-8(12)5-7/h2-6H,1H3,(H,15,16). The van der Waals surface area contributed by atoms with Gasteiger partial charge in [-0.25, -0.2) is 14.2 Å². The second kappa shape index (κ2) is 3.77. The molecular formula is C11H9FN2O2. The van der Waals surface area contributed by atoms with Crippen molar-refractivity contribution in [2.45, 2.75) is 0 Å². The van der Waals surface area contributed by atoms with Gasteiger partial charge < -0.3 is 9.67 Å². The third-order valence-electron chi connectivity index (χ3n) is 2.18. The summed E-state index contributed by atoms with van der Waals surface area (Å²) in [5.41, 5.74) is 0.497. The number of nitrogens with zero attached hydrogens (tertiary/aromatic N) is 2. The number of rotatable bonds is 2. The Bertz CT molecular complexity index is 549. The van der Waals surface area contributed by atoms with Crippen LogP contribution < -0.4 is 0 Å². The molecule has 0 bridgehead atoms. The lowest BCUT2D eigenvalue weighted by Crippen LogP contribution is -1.95. The molecule has 1 aromatic carbocycles. The van der Waals surface area contributed by atoms with Crippen LogP contribution in [0.3, 0.4) is 0 Å². The van der Waals surface area contributed by atoms with Gasteiger partial charge in [-0.2, -0.15) is 0 Å². The number of carboxylic acid groups (broad SMARTS) is 1. The number of hydrogen-bond acceptors (Lipinski definition) is 2. The molecular weight excluding hydrogens is 211 g/mol. The zero-order valence-corrected chi connectivity index (χ0v) is 8.51. The molecule has 1 heterocycles. The Hall–Kier alpha value is -2.17. The normalized spacial score (nSPS) is 10.4. The maximum absolute atomic E-state index is 13.0. The summed E-state index contributed by atoms with van der Waals surface area (Å²) in [6.07, 6.45) is 1.39. The number of halogens is 1. The summed E-state index contributed by atoms with van der Waals surface area (Å²) >= 11 is 0. The number of benzene rings is 1. The first-order valence-corrected chi connectivity index (χ1v) is 4.60. The number of aryl methyl sites for hydroxylation is 1. The highest BCUT2D eigenvalue weighted by molar-refractivity contribution is 5.86. The van der Waals surface area contributed by atoms with Crippen LogP contribution in [0.25, 0.3) is 11.4 Å². The Morgan fingerprint density at radius 1 is 1.50 bits per heavy atom. The molecule has 2 rings (SSSR count). The van der Waals surface area contributed by atoms with Gasteiger partial charge in [-0.15, -0.1) is 0 Å². The summed E-state index contributed by atoms with van der Waals surface area (Å²) in [5, 5.41) is 8.77. The minimum atomic E-state index is -1.10. The number of aromatic nitrogens is 2. The topological polar surface area (TPSA) is 55.1 Å². The monoisotopic (exact) mass is 220 g/mol. The average Bonchev–Trinajstić information content (AvgIpc) is 2.60. The van der Waals surface area contributed by atoms with Gasteiger partial charge in [-0.3, -0.25) is 0 Å². The van der Waals surface area contributed by atoms with Crippen molar-refractivity contribution in [3.05, 3.63) is 42.0 Å². The van der Waals surface area contributed by atoms with E-state index in [4.69, 9.17) is 5.11 Å². The summed E-state index contributed by atoms with van der Waals surface area (Å²) in [6.45, 7) is 0. The maximum atomic E-state index is 13.0. The van der Waals surface area contributed by atoms with E-state index >= 15 is 0 Å². The first kappa shape index (κ1) is 10.4. The van der Waals surface area contributed by atoms with Gasteiger partial charge in [0.2, 0.25) is 0 Å². The Balaban J connectivity index is 2.52. The molecule has 0 amide bonds. The predicted molar refractivity (Wildman–Crippen MR) is 55.6 cm³/mol. The molecule has 0 aliphatic rings. The smallest absolute Gasteiger partial charge is 0.356 e. The molecule has 5 heteroatoms. The van der Waals surface area contributed by atoms with Crippen molar-refractivity contribution >= 4 is 5.97 Å². The van der Waals surface area contributed by atoms with Gasteiger partial charge in [0.25, 0.3) is 0 Å². The molecule has 0 saturated heterocycles. The first-order chi connectivity index (χ1) is 7.58. The van der Waals surface area contributed by atoms with Crippen LogP contribution in [0.15, 0.2) is 30.5 Å². The highest BCUT2D eigenvalue weighted by Crippen LogP contribution is 2.18. The SMILES string of the molecule is Cn1cc(C(=O)O)nc1-c1cccc(F)c1. The van der Waals surface area contributed by atoms with E-state index in [-0.39, 0.29) is 11.5 Å². The molecule has 0 unspecified atom stereocenters. The number of carbonyl (C=O) groups is 1. The molecule has 0 radical (unpaired) electrons. The number of hydrogen-bond donors (Lipinski definition) is 1. The molecule has 2 aromatic rings. The van der Waals surface area contributed by atoms with Crippen molar-refractivity contribution < 1.29 is 14.3 Å². The van der Waals surface area contributed by atoms with E-state index in [1.54, 1.807) is 23.7 Å². The molecule has 0 spiro atoms. The minimum absolute atomic E-state index is 0.0539. The number of carboxylic acids is 1. The predicted octanol–water partition coefficient (Wildman–Crippen LogP) is 1.92. The molecule has 1 aromatic heterocycles. The van der Waals surface area contributed by atoms with E-state index in [0.29, 0.717) is 11.4 Å². The summed E-state index contributed by atoms with van der Waals surface area (Å²) in [5.74, 6) is -1.05. The van der Waals surface area contributed by atoms with E-state index in [1.807, 2.05) is 0 Å². The maximum Gasteiger partial charge on any atom is 0.356 e. The third-order valence-corrected chi connectivity index (χ3v) is 2.18. The van der Waals surface area contributed by atoms with Crippen LogP contribution in [0.4, 0.5) is 4.39 Å². The number of imidazole rings is 1. The van der Waals surface area contributed by atoms with Crippen LogP contribution in [-0.4, -0.2) is 20.6 Å². The average molecular weight is 220 g/mol. The van der Waals surface area contributed by atoms with E-state index in [0.717, 1.165) is 0 Å². The lowest BCUT2D eigenvalue weighted by atomic mass is 10.2. The summed E-state index contributed by atoms with van der Waals surface area (Å²) in [6, 6.07) is 5.87. The van der Waals surface area contributed by atoms with Crippen molar-refractivity contribution in [2.75, 3.05) is 0 Å². The summed E-state index contributed by atoms with van der Waals surface area (Å²) in [4.78, 5) is 14.6. The first-order valence-electron chi connectivity index (χ1n) is 4.60. The highest BCUT2D eigenvalue weighted by Gasteiger charge is 2.12. The van der Waals surface area contributed by atoms with Gasteiger partial charge in [0.1, 0.15) is 11.6 Å². The van der Waals surface area contributed by atoms with Crippen molar-refractivity contribution in [1.29, 1.82) is 0 Å². The van der Waals surface area contributed by atoms with E-state index in [9.17, 15) is 9.18 Å². The molecule has 4 nitrogen and oxygen atoms in total. The minimum Gasteiger partial charge on any atom is -0.476 e. The van der Waals surface area contributed by atoms with Crippen molar-refractivity contribution in [2.24, 2.45) is 7.05 Å². The van der Waals surface area contributed by atoms with Crippen LogP contribution in [0.5, 0.6) is 0 Å². The fourth-order valence-electron chi connectivity index (χ4n) is 1.47.